The molecule has 0 bridgehead atoms. The van der Waals surface area contributed by atoms with Crippen molar-refractivity contribution in [3.63, 3.8) is 0 Å². The van der Waals surface area contributed by atoms with Crippen LogP contribution in [0.15, 0.2) is 24.8 Å². The molecule has 2 rings (SSSR count). The van der Waals surface area contributed by atoms with Gasteiger partial charge in [0.1, 0.15) is 12.1 Å². The lowest BCUT2D eigenvalue weighted by Gasteiger charge is -2.08. The predicted molar refractivity (Wildman–Crippen MR) is 62.9 cm³/mol. The fourth-order valence-corrected chi connectivity index (χ4v) is 1.31. The summed E-state index contributed by atoms with van der Waals surface area (Å²) in [4.78, 5) is 8.37. The number of nitrogens with zero attached hydrogens (tertiary/aromatic N) is 3. The van der Waals surface area contributed by atoms with Crippen molar-refractivity contribution in [3.8, 4) is 11.3 Å². The van der Waals surface area contributed by atoms with Gasteiger partial charge in [-0.05, 0) is 5.92 Å². The first kappa shape index (κ1) is 10.6. The molecule has 0 aromatic carbocycles. The van der Waals surface area contributed by atoms with E-state index in [0.717, 1.165) is 23.6 Å². The third-order valence-electron chi connectivity index (χ3n) is 2.15. The molecule has 0 radical (unpaired) electrons. The van der Waals surface area contributed by atoms with Crippen LogP contribution < -0.4 is 5.32 Å². The topological polar surface area (TPSA) is 66.5 Å². The monoisotopic (exact) mass is 217 g/mol. The number of hydrogen-bond donors (Lipinski definition) is 2. The molecule has 0 saturated heterocycles. The number of rotatable bonds is 4. The van der Waals surface area contributed by atoms with Crippen molar-refractivity contribution in [2.24, 2.45) is 5.92 Å². The summed E-state index contributed by atoms with van der Waals surface area (Å²) in [6.07, 6.45) is 5.12. The molecule has 5 heteroatoms. The first-order valence-corrected chi connectivity index (χ1v) is 5.31. The van der Waals surface area contributed by atoms with Crippen molar-refractivity contribution < 1.29 is 0 Å². The maximum atomic E-state index is 4.20. The molecule has 2 aromatic heterocycles. The second kappa shape index (κ2) is 4.74. The van der Waals surface area contributed by atoms with Crippen molar-refractivity contribution in [1.82, 2.24) is 20.2 Å². The van der Waals surface area contributed by atoms with Gasteiger partial charge in [0.2, 0.25) is 0 Å². The van der Waals surface area contributed by atoms with Crippen LogP contribution >= 0.6 is 0 Å². The summed E-state index contributed by atoms with van der Waals surface area (Å²) >= 11 is 0. The standard InChI is InChI=1S/C11H15N5/c1-8(2)4-12-11-3-10(13-7-14-11)9-5-15-16-6-9/h3,5-8H,4H2,1-2H3,(H,15,16)(H,12,13,14). The molecule has 0 fully saturated rings. The molecule has 0 saturated carbocycles. The second-order valence-electron chi connectivity index (χ2n) is 4.05. The van der Waals surface area contributed by atoms with Crippen molar-refractivity contribution in [2.45, 2.75) is 13.8 Å². The number of H-pyrrole nitrogens is 1. The van der Waals surface area contributed by atoms with E-state index in [-0.39, 0.29) is 0 Å². The van der Waals surface area contributed by atoms with Crippen LogP contribution in [0.4, 0.5) is 5.82 Å². The van der Waals surface area contributed by atoms with Crippen molar-refractivity contribution in [3.05, 3.63) is 24.8 Å². The zero-order valence-electron chi connectivity index (χ0n) is 9.44. The lowest BCUT2D eigenvalue weighted by molar-refractivity contribution is 0.687. The highest BCUT2D eigenvalue weighted by atomic mass is 15.1. The fourth-order valence-electron chi connectivity index (χ4n) is 1.31. The summed E-state index contributed by atoms with van der Waals surface area (Å²) in [6.45, 7) is 5.22. The Labute approximate surface area is 94.3 Å². The van der Waals surface area contributed by atoms with Gasteiger partial charge < -0.3 is 5.32 Å². The van der Waals surface area contributed by atoms with Crippen LogP contribution in [0.3, 0.4) is 0 Å². The summed E-state index contributed by atoms with van der Waals surface area (Å²) in [5.41, 5.74) is 1.84. The maximum absolute atomic E-state index is 4.20. The third-order valence-corrected chi connectivity index (χ3v) is 2.15. The summed E-state index contributed by atoms with van der Waals surface area (Å²) in [6, 6.07) is 1.92. The third kappa shape index (κ3) is 2.56. The van der Waals surface area contributed by atoms with E-state index in [0.29, 0.717) is 5.92 Å². The Bertz CT molecular complexity index is 435. The highest BCUT2D eigenvalue weighted by Crippen LogP contribution is 2.16. The largest absolute Gasteiger partial charge is 0.370 e. The van der Waals surface area contributed by atoms with Crippen LogP contribution in [0.5, 0.6) is 0 Å². The minimum atomic E-state index is 0.590. The molecule has 2 heterocycles. The molecule has 2 aromatic rings. The molecule has 16 heavy (non-hydrogen) atoms. The van der Waals surface area contributed by atoms with Crippen molar-refractivity contribution in [1.29, 1.82) is 0 Å². The molecule has 0 aliphatic carbocycles. The predicted octanol–water partition coefficient (Wildman–Crippen LogP) is 1.93. The molecule has 0 atom stereocenters. The van der Waals surface area contributed by atoms with Crippen LogP contribution in [-0.2, 0) is 0 Å². The second-order valence-corrected chi connectivity index (χ2v) is 4.05. The van der Waals surface area contributed by atoms with E-state index in [2.05, 4.69) is 39.3 Å². The molecule has 0 aliphatic rings. The van der Waals surface area contributed by atoms with E-state index >= 15 is 0 Å². The van der Waals surface area contributed by atoms with Crippen molar-refractivity contribution in [2.75, 3.05) is 11.9 Å². The first-order valence-electron chi connectivity index (χ1n) is 5.31. The van der Waals surface area contributed by atoms with E-state index in [1.807, 2.05) is 12.3 Å². The molecule has 84 valence electrons. The molecule has 2 N–H and O–H groups in total. The smallest absolute Gasteiger partial charge is 0.129 e. The Hall–Kier alpha value is -1.91. The van der Waals surface area contributed by atoms with E-state index < -0.39 is 0 Å². The van der Waals surface area contributed by atoms with E-state index in [4.69, 9.17) is 0 Å². The zero-order valence-corrected chi connectivity index (χ0v) is 9.44. The average molecular weight is 217 g/mol. The Morgan fingerprint density at radius 1 is 1.38 bits per heavy atom. The van der Waals surface area contributed by atoms with Crippen LogP contribution in [0.25, 0.3) is 11.3 Å². The number of aromatic amines is 1. The Balaban J connectivity index is 2.14. The Morgan fingerprint density at radius 3 is 2.94 bits per heavy atom. The lowest BCUT2D eigenvalue weighted by Crippen LogP contribution is -2.09. The van der Waals surface area contributed by atoms with Crippen LogP contribution in [0.1, 0.15) is 13.8 Å². The van der Waals surface area contributed by atoms with Gasteiger partial charge in [-0.25, -0.2) is 9.97 Å². The highest BCUT2D eigenvalue weighted by molar-refractivity contribution is 5.60. The summed E-state index contributed by atoms with van der Waals surface area (Å²) in [5.74, 6) is 1.44. The van der Waals surface area contributed by atoms with Gasteiger partial charge in [-0.3, -0.25) is 5.10 Å². The van der Waals surface area contributed by atoms with Gasteiger partial charge in [-0.1, -0.05) is 13.8 Å². The molecule has 0 spiro atoms. The molecule has 0 unspecified atom stereocenters. The molecule has 0 aliphatic heterocycles. The van der Waals surface area contributed by atoms with Crippen LogP contribution in [0.2, 0.25) is 0 Å². The lowest BCUT2D eigenvalue weighted by atomic mass is 10.2. The van der Waals surface area contributed by atoms with Gasteiger partial charge in [-0.15, -0.1) is 0 Å². The number of anilines is 1. The maximum Gasteiger partial charge on any atom is 0.129 e. The number of aromatic nitrogens is 4. The Morgan fingerprint density at radius 2 is 2.25 bits per heavy atom. The quantitative estimate of drug-likeness (QED) is 0.821. The highest BCUT2D eigenvalue weighted by Gasteiger charge is 2.02. The van der Waals surface area contributed by atoms with Crippen molar-refractivity contribution >= 4 is 5.82 Å². The van der Waals surface area contributed by atoms with Gasteiger partial charge in [0.15, 0.2) is 0 Å². The van der Waals surface area contributed by atoms with Gasteiger partial charge in [0.25, 0.3) is 0 Å². The first-order chi connectivity index (χ1) is 7.75. The van der Waals surface area contributed by atoms with E-state index in [9.17, 15) is 0 Å². The minimum absolute atomic E-state index is 0.590. The normalized spacial score (nSPS) is 10.7. The van der Waals surface area contributed by atoms with Gasteiger partial charge in [-0.2, -0.15) is 5.10 Å². The minimum Gasteiger partial charge on any atom is -0.370 e. The molecule has 0 amide bonds. The molecule has 5 nitrogen and oxygen atoms in total. The summed E-state index contributed by atoms with van der Waals surface area (Å²) in [7, 11) is 0. The zero-order chi connectivity index (χ0) is 11.4. The molecular weight excluding hydrogens is 202 g/mol. The summed E-state index contributed by atoms with van der Waals surface area (Å²) < 4.78 is 0. The number of hydrogen-bond acceptors (Lipinski definition) is 4. The SMILES string of the molecule is CC(C)CNc1cc(-c2cn[nH]c2)ncn1. The number of nitrogens with one attached hydrogen (secondary N) is 2. The summed E-state index contributed by atoms with van der Waals surface area (Å²) in [5, 5.41) is 9.93. The van der Waals surface area contributed by atoms with Crippen LogP contribution in [0, 0.1) is 5.92 Å². The van der Waals surface area contributed by atoms with E-state index in [1.54, 1.807) is 12.5 Å². The fraction of sp³-hybridized carbons (Fsp3) is 0.364. The van der Waals surface area contributed by atoms with Gasteiger partial charge >= 0.3 is 0 Å². The van der Waals surface area contributed by atoms with Gasteiger partial charge in [0, 0.05) is 24.4 Å². The average Bonchev–Trinajstić information content (AvgIpc) is 2.80. The van der Waals surface area contributed by atoms with Gasteiger partial charge in [0.05, 0.1) is 11.9 Å². The van der Waals surface area contributed by atoms with E-state index in [1.165, 1.54) is 0 Å². The molecular formula is C11H15N5. The Kier molecular flexibility index (Phi) is 3.14. The van der Waals surface area contributed by atoms with Crippen LogP contribution in [-0.4, -0.2) is 26.7 Å².